The molecule has 3 nitrogen and oxygen atoms in total. The maximum absolute atomic E-state index is 3.55. The van der Waals surface area contributed by atoms with E-state index in [9.17, 15) is 0 Å². The van der Waals surface area contributed by atoms with Gasteiger partial charge in [-0.05, 0) is 56.8 Å². The molecule has 90 valence electrons. The Balaban J connectivity index is 1.60. The van der Waals surface area contributed by atoms with Crippen molar-refractivity contribution in [3.8, 4) is 0 Å². The molecule has 0 atom stereocenters. The topological polar surface area (TPSA) is 39.8 Å². The smallest absolute Gasteiger partial charge is 0.0220 e. The van der Waals surface area contributed by atoms with Crippen molar-refractivity contribution in [1.29, 1.82) is 0 Å². The third-order valence-corrected chi connectivity index (χ3v) is 3.68. The van der Waals surface area contributed by atoms with Crippen LogP contribution in [0.3, 0.4) is 0 Å². The van der Waals surface area contributed by atoms with Gasteiger partial charge in [0, 0.05) is 25.0 Å². The van der Waals surface area contributed by atoms with E-state index in [0.29, 0.717) is 0 Å². The second-order valence-electron chi connectivity index (χ2n) is 4.86. The van der Waals surface area contributed by atoms with Crippen LogP contribution in [0.4, 0.5) is 0 Å². The van der Waals surface area contributed by atoms with Gasteiger partial charge in [0.15, 0.2) is 0 Å². The molecule has 16 heavy (non-hydrogen) atoms. The quantitative estimate of drug-likeness (QED) is 0.710. The molecule has 3 heteroatoms. The van der Waals surface area contributed by atoms with Crippen LogP contribution in [-0.2, 0) is 6.54 Å². The zero-order valence-electron chi connectivity index (χ0n) is 10.1. The molecule has 1 aromatic rings. The van der Waals surface area contributed by atoms with Gasteiger partial charge in [-0.3, -0.25) is 0 Å². The van der Waals surface area contributed by atoms with Gasteiger partial charge in [-0.15, -0.1) is 0 Å². The monoisotopic (exact) mass is 221 g/mol. The van der Waals surface area contributed by atoms with E-state index in [1.165, 1.54) is 37.8 Å². The van der Waals surface area contributed by atoms with Gasteiger partial charge in [0.05, 0.1) is 0 Å². The Morgan fingerprint density at radius 2 is 2.12 bits per heavy atom. The predicted molar refractivity (Wildman–Crippen MR) is 67.3 cm³/mol. The second kappa shape index (κ2) is 6.06. The lowest BCUT2D eigenvalue weighted by atomic mass is 9.86. The third-order valence-electron chi connectivity index (χ3n) is 3.68. The van der Waals surface area contributed by atoms with Crippen molar-refractivity contribution in [1.82, 2.24) is 15.6 Å². The number of nitrogens with one attached hydrogen (secondary N) is 3. The van der Waals surface area contributed by atoms with Crippen LogP contribution in [0.2, 0.25) is 0 Å². The van der Waals surface area contributed by atoms with Gasteiger partial charge >= 0.3 is 0 Å². The van der Waals surface area contributed by atoms with Crippen LogP contribution in [0, 0.1) is 5.92 Å². The van der Waals surface area contributed by atoms with Gasteiger partial charge in [-0.25, -0.2) is 0 Å². The number of rotatable bonds is 5. The highest BCUT2D eigenvalue weighted by molar-refractivity contribution is 5.07. The molecule has 0 amide bonds. The lowest BCUT2D eigenvalue weighted by Crippen LogP contribution is -2.33. The highest BCUT2D eigenvalue weighted by Crippen LogP contribution is 2.23. The Kier molecular flexibility index (Phi) is 4.43. The summed E-state index contributed by atoms with van der Waals surface area (Å²) in [5, 5.41) is 6.93. The zero-order chi connectivity index (χ0) is 11.2. The largest absolute Gasteiger partial charge is 0.367 e. The molecule has 0 bridgehead atoms. The first-order chi connectivity index (χ1) is 7.88. The molecular formula is C13H23N3. The fourth-order valence-electron chi connectivity index (χ4n) is 2.54. The normalized spacial score (nSPS) is 25.8. The number of H-pyrrole nitrogens is 1. The van der Waals surface area contributed by atoms with Crippen LogP contribution in [0.25, 0.3) is 0 Å². The van der Waals surface area contributed by atoms with E-state index in [2.05, 4.69) is 34.9 Å². The molecule has 1 aliphatic carbocycles. The van der Waals surface area contributed by atoms with Crippen LogP contribution >= 0.6 is 0 Å². The summed E-state index contributed by atoms with van der Waals surface area (Å²) >= 11 is 0. The SMILES string of the molecule is CNC1CCC(CNCc2cc[nH]c2)CC1. The summed E-state index contributed by atoms with van der Waals surface area (Å²) in [5.41, 5.74) is 1.35. The van der Waals surface area contributed by atoms with Gasteiger partial charge in [0.25, 0.3) is 0 Å². The van der Waals surface area contributed by atoms with Crippen molar-refractivity contribution >= 4 is 0 Å². The predicted octanol–water partition coefficient (Wildman–Crippen LogP) is 1.88. The molecule has 0 unspecified atom stereocenters. The van der Waals surface area contributed by atoms with Crippen LogP contribution in [-0.4, -0.2) is 24.6 Å². The third kappa shape index (κ3) is 3.35. The number of aromatic amines is 1. The van der Waals surface area contributed by atoms with Crippen molar-refractivity contribution in [2.45, 2.75) is 38.3 Å². The molecule has 0 aliphatic heterocycles. The Morgan fingerprint density at radius 3 is 2.75 bits per heavy atom. The minimum atomic E-state index is 0.765. The van der Waals surface area contributed by atoms with Gasteiger partial charge in [0.2, 0.25) is 0 Å². The first-order valence-electron chi connectivity index (χ1n) is 6.38. The maximum Gasteiger partial charge on any atom is 0.0220 e. The number of aromatic nitrogens is 1. The van der Waals surface area contributed by atoms with Crippen molar-refractivity contribution in [2.75, 3.05) is 13.6 Å². The van der Waals surface area contributed by atoms with E-state index in [1.54, 1.807) is 0 Å². The first kappa shape index (κ1) is 11.7. The number of hydrogen-bond acceptors (Lipinski definition) is 2. The molecule has 0 spiro atoms. The average molecular weight is 221 g/mol. The Labute approximate surface area is 98.0 Å². The summed E-state index contributed by atoms with van der Waals surface area (Å²) < 4.78 is 0. The van der Waals surface area contributed by atoms with E-state index in [1.807, 2.05) is 6.20 Å². The van der Waals surface area contributed by atoms with Crippen LogP contribution in [0.5, 0.6) is 0 Å². The van der Waals surface area contributed by atoms with Crippen molar-refractivity contribution in [3.63, 3.8) is 0 Å². The summed E-state index contributed by atoms with van der Waals surface area (Å²) in [4.78, 5) is 3.08. The van der Waals surface area contributed by atoms with E-state index >= 15 is 0 Å². The van der Waals surface area contributed by atoms with Crippen LogP contribution < -0.4 is 10.6 Å². The minimum Gasteiger partial charge on any atom is -0.367 e. The second-order valence-corrected chi connectivity index (χ2v) is 4.86. The standard InChI is InChI=1S/C13H23N3/c1-14-13-4-2-11(3-5-13)8-16-10-12-6-7-15-9-12/h6-7,9,11,13-16H,2-5,8,10H2,1H3. The summed E-state index contributed by atoms with van der Waals surface area (Å²) in [6.45, 7) is 2.16. The summed E-state index contributed by atoms with van der Waals surface area (Å²) in [5.74, 6) is 0.878. The molecule has 3 N–H and O–H groups in total. The summed E-state index contributed by atoms with van der Waals surface area (Å²) in [7, 11) is 2.08. The van der Waals surface area contributed by atoms with Gasteiger partial charge in [-0.2, -0.15) is 0 Å². The molecule has 1 fully saturated rings. The molecular weight excluding hydrogens is 198 g/mol. The molecule has 1 saturated carbocycles. The van der Waals surface area contributed by atoms with E-state index < -0.39 is 0 Å². The molecule has 0 saturated heterocycles. The fraction of sp³-hybridized carbons (Fsp3) is 0.692. The van der Waals surface area contributed by atoms with Gasteiger partial charge < -0.3 is 15.6 Å². The minimum absolute atomic E-state index is 0.765. The first-order valence-corrected chi connectivity index (χ1v) is 6.38. The van der Waals surface area contributed by atoms with E-state index in [4.69, 9.17) is 0 Å². The zero-order valence-corrected chi connectivity index (χ0v) is 10.1. The van der Waals surface area contributed by atoms with E-state index in [-0.39, 0.29) is 0 Å². The van der Waals surface area contributed by atoms with Crippen LogP contribution in [0.15, 0.2) is 18.5 Å². The lowest BCUT2D eigenvalue weighted by molar-refractivity contribution is 0.292. The molecule has 0 aromatic carbocycles. The van der Waals surface area contributed by atoms with Gasteiger partial charge in [0.1, 0.15) is 0 Å². The average Bonchev–Trinajstić information content (AvgIpc) is 2.83. The molecule has 1 aromatic heterocycles. The van der Waals surface area contributed by atoms with Crippen LogP contribution in [0.1, 0.15) is 31.2 Å². The Hall–Kier alpha value is -0.800. The molecule has 1 aliphatic rings. The van der Waals surface area contributed by atoms with Gasteiger partial charge in [-0.1, -0.05) is 0 Å². The summed E-state index contributed by atoms with van der Waals surface area (Å²) in [6.07, 6.45) is 9.46. The lowest BCUT2D eigenvalue weighted by Gasteiger charge is -2.28. The molecule has 2 rings (SSSR count). The highest BCUT2D eigenvalue weighted by Gasteiger charge is 2.19. The molecule has 0 radical (unpaired) electrons. The van der Waals surface area contributed by atoms with Crippen molar-refractivity contribution in [2.24, 2.45) is 5.92 Å². The Bertz CT molecular complexity index is 273. The van der Waals surface area contributed by atoms with Crippen molar-refractivity contribution < 1.29 is 0 Å². The Morgan fingerprint density at radius 1 is 1.31 bits per heavy atom. The highest BCUT2D eigenvalue weighted by atomic mass is 14.9. The van der Waals surface area contributed by atoms with Crippen molar-refractivity contribution in [3.05, 3.63) is 24.0 Å². The fourth-order valence-corrected chi connectivity index (χ4v) is 2.54. The molecule has 1 heterocycles. The van der Waals surface area contributed by atoms with E-state index in [0.717, 1.165) is 18.5 Å². The maximum atomic E-state index is 3.55. The number of hydrogen-bond donors (Lipinski definition) is 3. The summed E-state index contributed by atoms with van der Waals surface area (Å²) in [6, 6.07) is 2.89.